The lowest BCUT2D eigenvalue weighted by atomic mass is 10.0. The fourth-order valence-electron chi connectivity index (χ4n) is 6.16. The smallest absolute Gasteiger partial charge is 0.118 e. The van der Waals surface area contributed by atoms with Crippen molar-refractivity contribution in [3.05, 3.63) is 132 Å². The van der Waals surface area contributed by atoms with Gasteiger partial charge >= 0.3 is 0 Å². The first-order valence-corrected chi connectivity index (χ1v) is 15.2. The van der Waals surface area contributed by atoms with Crippen LogP contribution in [0.2, 0.25) is 0 Å². The SMILES string of the molecule is C=CCc1c2nc(c(-c3ccc(OC)cc3)c3nc(c(CC=C)c4ccc([nH]4)c(-c4ccc(OC)cc4)c4ccc1[nH]4)C=C3)C=C2. The maximum Gasteiger partial charge on any atom is 0.118 e. The summed E-state index contributed by atoms with van der Waals surface area (Å²) in [6, 6.07) is 24.7. The minimum Gasteiger partial charge on any atom is -0.497 e. The molecular weight excluding hydrogens is 568 g/mol. The number of ether oxygens (including phenoxy) is 2. The molecule has 0 fully saturated rings. The summed E-state index contributed by atoms with van der Waals surface area (Å²) in [6.07, 6.45) is 13.5. The first-order valence-electron chi connectivity index (χ1n) is 15.2. The van der Waals surface area contributed by atoms with E-state index in [0.29, 0.717) is 12.8 Å². The quantitative estimate of drug-likeness (QED) is 0.170. The Kier molecular flexibility index (Phi) is 7.69. The number of benzene rings is 2. The van der Waals surface area contributed by atoms with Gasteiger partial charge in [0.2, 0.25) is 0 Å². The van der Waals surface area contributed by atoms with Crippen molar-refractivity contribution in [3.63, 3.8) is 0 Å². The van der Waals surface area contributed by atoms with Crippen LogP contribution in [0.4, 0.5) is 0 Å². The number of fused-ring (bicyclic) bond motifs is 8. The molecule has 3 aromatic heterocycles. The Balaban J connectivity index is 1.62. The van der Waals surface area contributed by atoms with Crippen LogP contribution >= 0.6 is 0 Å². The second-order valence-electron chi connectivity index (χ2n) is 11.2. The average molecular weight is 603 g/mol. The van der Waals surface area contributed by atoms with E-state index in [-0.39, 0.29) is 0 Å². The molecule has 5 aromatic rings. The number of aromatic nitrogens is 4. The summed E-state index contributed by atoms with van der Waals surface area (Å²) in [6.45, 7) is 8.12. The second kappa shape index (κ2) is 12.3. The van der Waals surface area contributed by atoms with Crippen molar-refractivity contribution >= 4 is 46.4 Å². The van der Waals surface area contributed by atoms with Crippen molar-refractivity contribution in [2.75, 3.05) is 14.2 Å². The van der Waals surface area contributed by atoms with Crippen LogP contribution in [0.15, 0.2) is 98.1 Å². The van der Waals surface area contributed by atoms with Gasteiger partial charge in [-0.1, -0.05) is 36.4 Å². The molecule has 5 heterocycles. The fraction of sp³-hybridized carbons (Fsp3) is 0.100. The predicted octanol–water partition coefficient (Wildman–Crippen LogP) is 9.46. The number of hydrogen-bond donors (Lipinski definition) is 2. The monoisotopic (exact) mass is 602 g/mol. The molecule has 6 nitrogen and oxygen atoms in total. The van der Waals surface area contributed by atoms with E-state index in [9.17, 15) is 0 Å². The zero-order valence-corrected chi connectivity index (χ0v) is 25.9. The molecule has 2 aromatic carbocycles. The molecule has 0 saturated carbocycles. The van der Waals surface area contributed by atoms with Gasteiger partial charge in [0.25, 0.3) is 0 Å². The van der Waals surface area contributed by atoms with E-state index < -0.39 is 0 Å². The summed E-state index contributed by atoms with van der Waals surface area (Å²) in [5.41, 5.74) is 13.6. The fourth-order valence-corrected chi connectivity index (χ4v) is 6.16. The molecule has 0 saturated heterocycles. The summed E-state index contributed by atoms with van der Waals surface area (Å²) in [4.78, 5) is 17.9. The molecule has 46 heavy (non-hydrogen) atoms. The Morgan fingerprint density at radius 3 is 1.33 bits per heavy atom. The van der Waals surface area contributed by atoms with Gasteiger partial charge in [-0.05, 0) is 96.8 Å². The van der Waals surface area contributed by atoms with Crippen molar-refractivity contribution < 1.29 is 9.47 Å². The normalized spacial score (nSPS) is 11.9. The number of methoxy groups -OCH3 is 2. The van der Waals surface area contributed by atoms with Crippen LogP contribution < -0.4 is 9.47 Å². The van der Waals surface area contributed by atoms with Gasteiger partial charge in [-0.2, -0.15) is 0 Å². The number of rotatable bonds is 8. The van der Waals surface area contributed by atoms with E-state index in [1.165, 1.54) is 0 Å². The highest BCUT2D eigenvalue weighted by Crippen LogP contribution is 2.35. The van der Waals surface area contributed by atoms with Crippen molar-refractivity contribution in [2.45, 2.75) is 12.8 Å². The van der Waals surface area contributed by atoms with Crippen LogP contribution in [0.3, 0.4) is 0 Å². The molecule has 0 aliphatic carbocycles. The van der Waals surface area contributed by atoms with E-state index in [0.717, 1.165) is 89.7 Å². The number of H-pyrrole nitrogens is 2. The third-order valence-corrected chi connectivity index (χ3v) is 8.43. The number of allylic oxidation sites excluding steroid dienone is 2. The van der Waals surface area contributed by atoms with Gasteiger partial charge in [0.05, 0.1) is 37.0 Å². The molecule has 2 aliphatic heterocycles. The molecule has 0 unspecified atom stereocenters. The molecule has 2 N–H and O–H groups in total. The van der Waals surface area contributed by atoms with Gasteiger partial charge in [0.1, 0.15) is 11.5 Å². The molecule has 2 aliphatic rings. The summed E-state index contributed by atoms with van der Waals surface area (Å²) in [7, 11) is 3.36. The molecule has 0 amide bonds. The Bertz CT molecular complexity index is 2090. The highest BCUT2D eigenvalue weighted by Gasteiger charge is 2.18. The van der Waals surface area contributed by atoms with Crippen molar-refractivity contribution in [1.82, 2.24) is 19.9 Å². The van der Waals surface area contributed by atoms with Crippen LogP contribution in [0.25, 0.3) is 68.6 Å². The first-order chi connectivity index (χ1) is 22.6. The minimum atomic E-state index is 0.650. The Labute approximate surface area is 268 Å². The molecule has 0 radical (unpaired) electrons. The second-order valence-corrected chi connectivity index (χ2v) is 11.2. The Morgan fingerprint density at radius 2 is 0.913 bits per heavy atom. The summed E-state index contributed by atoms with van der Waals surface area (Å²) < 4.78 is 10.9. The van der Waals surface area contributed by atoms with E-state index in [1.54, 1.807) is 14.2 Å². The standard InChI is InChI=1S/C40H34N4O2/c1-5-7-29-31-17-21-35(41-31)39(25-9-13-27(45-3)14-10-25)37-23-19-33(43-37)30(8-6-2)34-20-24-38(44-34)40(36-22-18-32(29)42-36)26-11-15-28(46-4)16-12-26/h5-6,9-24,41,43H,1-2,7-8H2,3-4H3. The first kappa shape index (κ1) is 28.9. The zero-order valence-electron chi connectivity index (χ0n) is 25.9. The third-order valence-electron chi connectivity index (χ3n) is 8.43. The molecule has 226 valence electrons. The van der Waals surface area contributed by atoms with E-state index in [2.05, 4.69) is 96.0 Å². The maximum atomic E-state index is 5.46. The van der Waals surface area contributed by atoms with Crippen LogP contribution in [0.5, 0.6) is 11.5 Å². The summed E-state index contributed by atoms with van der Waals surface area (Å²) in [5, 5.41) is 0. The molecule has 8 bridgehead atoms. The van der Waals surface area contributed by atoms with Gasteiger partial charge in [0.15, 0.2) is 0 Å². The van der Waals surface area contributed by atoms with E-state index in [4.69, 9.17) is 19.4 Å². The zero-order chi connectivity index (χ0) is 31.6. The highest BCUT2D eigenvalue weighted by molar-refractivity contribution is 5.95. The molecule has 6 heteroatoms. The third kappa shape index (κ3) is 5.24. The van der Waals surface area contributed by atoms with Gasteiger partial charge in [-0.15, -0.1) is 13.2 Å². The molecule has 0 spiro atoms. The van der Waals surface area contributed by atoms with Gasteiger partial charge < -0.3 is 19.4 Å². The van der Waals surface area contributed by atoms with Crippen LogP contribution in [0.1, 0.15) is 33.9 Å². The number of nitrogens with zero attached hydrogens (tertiary/aromatic N) is 2. The Hall–Kier alpha value is -5.88. The van der Waals surface area contributed by atoms with Gasteiger partial charge in [0, 0.05) is 44.3 Å². The number of aromatic amines is 2. The van der Waals surface area contributed by atoms with Crippen molar-refractivity contribution in [1.29, 1.82) is 0 Å². The number of hydrogen-bond acceptors (Lipinski definition) is 4. The summed E-state index contributed by atoms with van der Waals surface area (Å²) in [5.74, 6) is 1.60. The van der Waals surface area contributed by atoms with E-state index in [1.807, 2.05) is 36.4 Å². The van der Waals surface area contributed by atoms with Gasteiger partial charge in [-0.3, -0.25) is 0 Å². The minimum absolute atomic E-state index is 0.650. The van der Waals surface area contributed by atoms with Crippen molar-refractivity contribution in [2.24, 2.45) is 0 Å². The largest absolute Gasteiger partial charge is 0.497 e. The van der Waals surface area contributed by atoms with Crippen LogP contribution in [0, 0.1) is 0 Å². The lowest BCUT2D eigenvalue weighted by Gasteiger charge is -2.07. The van der Waals surface area contributed by atoms with Crippen molar-refractivity contribution in [3.8, 4) is 33.8 Å². The van der Waals surface area contributed by atoms with Crippen LogP contribution in [-0.2, 0) is 12.8 Å². The molecular formula is C40H34N4O2. The average Bonchev–Trinajstić information content (AvgIpc) is 3.92. The van der Waals surface area contributed by atoms with Gasteiger partial charge in [-0.25, -0.2) is 9.97 Å². The molecule has 0 atom stereocenters. The number of nitrogens with one attached hydrogen (secondary N) is 2. The lowest BCUT2D eigenvalue weighted by Crippen LogP contribution is -1.93. The Morgan fingerprint density at radius 1 is 0.522 bits per heavy atom. The maximum absolute atomic E-state index is 5.46. The topological polar surface area (TPSA) is 75.8 Å². The van der Waals surface area contributed by atoms with E-state index >= 15 is 0 Å². The van der Waals surface area contributed by atoms with Crippen LogP contribution in [-0.4, -0.2) is 34.2 Å². The lowest BCUT2D eigenvalue weighted by molar-refractivity contribution is 0.415. The highest BCUT2D eigenvalue weighted by atomic mass is 16.5. The predicted molar refractivity (Wildman–Crippen MR) is 191 cm³/mol. The summed E-state index contributed by atoms with van der Waals surface area (Å²) >= 11 is 0. The molecule has 7 rings (SSSR count).